The highest BCUT2D eigenvalue weighted by molar-refractivity contribution is 6.12. The van der Waals surface area contributed by atoms with E-state index in [1.165, 1.54) is 7.11 Å². The Bertz CT molecular complexity index is 363. The average Bonchev–Trinajstić information content (AvgIpc) is 2.54. The number of allylic oxidation sites excluding steroid dienone is 1. The van der Waals surface area contributed by atoms with Crippen LogP contribution in [0.5, 0.6) is 0 Å². The van der Waals surface area contributed by atoms with Gasteiger partial charge in [-0.3, -0.25) is 4.79 Å². The van der Waals surface area contributed by atoms with E-state index in [0.29, 0.717) is 11.1 Å². The fourth-order valence-electron chi connectivity index (χ4n) is 2.66. The van der Waals surface area contributed by atoms with Crippen LogP contribution in [-0.2, 0) is 14.3 Å². The molecule has 2 aliphatic carbocycles. The van der Waals surface area contributed by atoms with Crippen molar-refractivity contribution in [1.29, 1.82) is 0 Å². The molecule has 1 fully saturated rings. The fraction of sp³-hybridized carbons (Fsp3) is 0.636. The largest absolute Gasteiger partial charge is 0.466 e. The Morgan fingerprint density at radius 3 is 2.36 bits per heavy atom. The van der Waals surface area contributed by atoms with Gasteiger partial charge >= 0.3 is 5.97 Å². The van der Waals surface area contributed by atoms with Crippen LogP contribution in [0.15, 0.2) is 11.1 Å². The van der Waals surface area contributed by atoms with Gasteiger partial charge in [-0.15, -0.1) is 0 Å². The predicted molar refractivity (Wildman–Crippen MR) is 50.5 cm³/mol. The van der Waals surface area contributed by atoms with Gasteiger partial charge < -0.3 is 4.74 Å². The van der Waals surface area contributed by atoms with E-state index in [9.17, 15) is 9.59 Å². The molecule has 2 unspecified atom stereocenters. The number of hydrogen-bond acceptors (Lipinski definition) is 3. The Balaban J connectivity index is 2.41. The van der Waals surface area contributed by atoms with E-state index >= 15 is 0 Å². The summed E-state index contributed by atoms with van der Waals surface area (Å²) in [6.45, 7) is 5.77. The Hall–Kier alpha value is -1.12. The summed E-state index contributed by atoms with van der Waals surface area (Å²) in [7, 11) is 1.36. The third-order valence-electron chi connectivity index (χ3n) is 3.60. The molecule has 0 aromatic carbocycles. The molecule has 2 atom stereocenters. The molecule has 0 N–H and O–H groups in total. The van der Waals surface area contributed by atoms with Crippen molar-refractivity contribution in [3.63, 3.8) is 0 Å². The van der Waals surface area contributed by atoms with Crippen molar-refractivity contribution < 1.29 is 14.3 Å². The van der Waals surface area contributed by atoms with Gasteiger partial charge in [0.25, 0.3) is 0 Å². The Kier molecular flexibility index (Phi) is 1.66. The molecule has 0 saturated heterocycles. The first-order chi connectivity index (χ1) is 6.42. The van der Waals surface area contributed by atoms with E-state index in [1.807, 2.05) is 13.8 Å². The Morgan fingerprint density at radius 2 is 1.93 bits per heavy atom. The number of esters is 1. The maximum absolute atomic E-state index is 11.7. The van der Waals surface area contributed by atoms with Gasteiger partial charge in [0.2, 0.25) is 0 Å². The standard InChI is InChI=1S/C11H14O3/c1-5-6(10(13)14-4)7-8(9(5)12)11(7,2)3/h7-8H,1-4H3. The maximum Gasteiger partial charge on any atom is 0.334 e. The highest BCUT2D eigenvalue weighted by Gasteiger charge is 2.68. The quantitative estimate of drug-likeness (QED) is 0.591. The van der Waals surface area contributed by atoms with Crippen LogP contribution < -0.4 is 0 Å². The number of carbonyl (C=O) groups is 2. The zero-order valence-electron chi connectivity index (χ0n) is 8.88. The van der Waals surface area contributed by atoms with E-state index in [4.69, 9.17) is 4.74 Å². The first kappa shape index (κ1) is 9.44. The summed E-state index contributed by atoms with van der Waals surface area (Å²) in [6, 6.07) is 0. The van der Waals surface area contributed by atoms with E-state index < -0.39 is 0 Å². The number of ketones is 1. The summed E-state index contributed by atoms with van der Waals surface area (Å²) in [4.78, 5) is 23.2. The molecule has 2 rings (SSSR count). The number of ether oxygens (including phenoxy) is 1. The summed E-state index contributed by atoms with van der Waals surface area (Å²) in [6.07, 6.45) is 0. The average molecular weight is 194 g/mol. The number of hydrogen-bond donors (Lipinski definition) is 0. The number of methoxy groups -OCH3 is 1. The molecule has 0 spiro atoms. The van der Waals surface area contributed by atoms with Crippen LogP contribution in [0.4, 0.5) is 0 Å². The lowest BCUT2D eigenvalue weighted by molar-refractivity contribution is -0.136. The van der Waals surface area contributed by atoms with Gasteiger partial charge in [-0.25, -0.2) is 4.79 Å². The Morgan fingerprint density at radius 1 is 1.36 bits per heavy atom. The normalized spacial score (nSPS) is 33.0. The van der Waals surface area contributed by atoms with Gasteiger partial charge in [0.1, 0.15) is 0 Å². The van der Waals surface area contributed by atoms with Crippen LogP contribution in [0, 0.1) is 17.3 Å². The maximum atomic E-state index is 11.7. The predicted octanol–water partition coefficient (Wildman–Crippen LogP) is 1.33. The molecule has 0 radical (unpaired) electrons. The van der Waals surface area contributed by atoms with E-state index in [-0.39, 0.29) is 29.0 Å². The lowest BCUT2D eigenvalue weighted by Crippen LogP contribution is -2.14. The second-order valence-corrected chi connectivity index (χ2v) is 4.67. The molecular formula is C11H14O3. The summed E-state index contributed by atoms with van der Waals surface area (Å²) >= 11 is 0. The zero-order chi connectivity index (χ0) is 10.7. The minimum atomic E-state index is -0.339. The highest BCUT2D eigenvalue weighted by atomic mass is 16.5. The second-order valence-electron chi connectivity index (χ2n) is 4.67. The minimum Gasteiger partial charge on any atom is -0.466 e. The first-order valence-electron chi connectivity index (χ1n) is 4.76. The highest BCUT2D eigenvalue weighted by Crippen LogP contribution is 2.66. The summed E-state index contributed by atoms with van der Waals surface area (Å²) in [5.74, 6) is -0.0895. The van der Waals surface area contributed by atoms with Crippen molar-refractivity contribution in [2.45, 2.75) is 20.8 Å². The van der Waals surface area contributed by atoms with Crippen molar-refractivity contribution in [3.8, 4) is 0 Å². The number of Topliss-reactive ketones (excluding diaryl/α,β-unsaturated/α-hetero) is 1. The van der Waals surface area contributed by atoms with Crippen LogP contribution in [0.3, 0.4) is 0 Å². The molecule has 2 aliphatic rings. The van der Waals surface area contributed by atoms with Crippen LogP contribution in [-0.4, -0.2) is 18.9 Å². The topological polar surface area (TPSA) is 43.4 Å². The van der Waals surface area contributed by atoms with E-state index in [2.05, 4.69) is 0 Å². The minimum absolute atomic E-state index is 0.0246. The van der Waals surface area contributed by atoms with Gasteiger partial charge in [0.15, 0.2) is 5.78 Å². The van der Waals surface area contributed by atoms with Crippen molar-refractivity contribution in [3.05, 3.63) is 11.1 Å². The van der Waals surface area contributed by atoms with E-state index in [1.54, 1.807) is 6.92 Å². The van der Waals surface area contributed by atoms with Crippen molar-refractivity contribution in [2.24, 2.45) is 17.3 Å². The number of rotatable bonds is 1. The fourth-order valence-corrected chi connectivity index (χ4v) is 2.66. The summed E-state index contributed by atoms with van der Waals surface area (Å²) in [5.41, 5.74) is 1.17. The first-order valence-corrected chi connectivity index (χ1v) is 4.76. The van der Waals surface area contributed by atoms with Crippen molar-refractivity contribution in [1.82, 2.24) is 0 Å². The van der Waals surface area contributed by atoms with E-state index in [0.717, 1.165) is 0 Å². The molecule has 3 nitrogen and oxygen atoms in total. The lowest BCUT2D eigenvalue weighted by atomic mass is 9.95. The van der Waals surface area contributed by atoms with Gasteiger partial charge in [-0.2, -0.15) is 0 Å². The lowest BCUT2D eigenvalue weighted by Gasteiger charge is -2.10. The SMILES string of the molecule is COC(=O)C1=C(C)C(=O)C2C1C2(C)C. The molecule has 3 heteroatoms. The molecule has 0 aromatic heterocycles. The van der Waals surface area contributed by atoms with Crippen molar-refractivity contribution in [2.75, 3.05) is 7.11 Å². The van der Waals surface area contributed by atoms with Crippen LogP contribution >= 0.6 is 0 Å². The molecule has 0 heterocycles. The third-order valence-corrected chi connectivity index (χ3v) is 3.60. The van der Waals surface area contributed by atoms with Crippen LogP contribution in [0.25, 0.3) is 0 Å². The molecular weight excluding hydrogens is 180 g/mol. The molecule has 0 amide bonds. The monoisotopic (exact) mass is 194 g/mol. The van der Waals surface area contributed by atoms with Gasteiger partial charge in [-0.1, -0.05) is 13.8 Å². The Labute approximate surface area is 83.1 Å². The van der Waals surface area contributed by atoms with Crippen molar-refractivity contribution >= 4 is 11.8 Å². The molecule has 0 bridgehead atoms. The number of fused-ring (bicyclic) bond motifs is 1. The van der Waals surface area contributed by atoms with Gasteiger partial charge in [-0.05, 0) is 12.3 Å². The molecule has 0 aliphatic heterocycles. The van der Waals surface area contributed by atoms with Crippen LogP contribution in [0.2, 0.25) is 0 Å². The van der Waals surface area contributed by atoms with Gasteiger partial charge in [0.05, 0.1) is 7.11 Å². The summed E-state index contributed by atoms with van der Waals surface area (Å²) < 4.78 is 4.69. The van der Waals surface area contributed by atoms with Crippen LogP contribution in [0.1, 0.15) is 20.8 Å². The third kappa shape index (κ3) is 0.873. The molecule has 0 aromatic rings. The number of carbonyl (C=O) groups excluding carboxylic acids is 2. The molecule has 14 heavy (non-hydrogen) atoms. The zero-order valence-corrected chi connectivity index (χ0v) is 8.88. The smallest absolute Gasteiger partial charge is 0.334 e. The second kappa shape index (κ2) is 2.47. The summed E-state index contributed by atoms with van der Waals surface area (Å²) in [5, 5.41) is 0. The van der Waals surface area contributed by atoms with Gasteiger partial charge in [0, 0.05) is 23.0 Å². The molecule has 1 saturated carbocycles. The molecule has 76 valence electrons.